The van der Waals surface area contributed by atoms with Crippen LogP contribution in [0.4, 0.5) is 26.3 Å². The number of carboxylic acid groups (broad SMARTS) is 1. The number of halogens is 6. The second-order valence-corrected chi connectivity index (χ2v) is 4.85. The molecule has 0 radical (unpaired) electrons. The summed E-state index contributed by atoms with van der Waals surface area (Å²) < 4.78 is 84.4. The van der Waals surface area contributed by atoms with Crippen molar-refractivity contribution >= 4 is 12.0 Å². The predicted octanol–water partition coefficient (Wildman–Crippen LogP) is 1.06. The van der Waals surface area contributed by atoms with Crippen molar-refractivity contribution in [3.05, 3.63) is 28.8 Å². The molecule has 4 nitrogen and oxygen atoms in total. The van der Waals surface area contributed by atoms with Gasteiger partial charge in [0.15, 0.2) is 0 Å². The van der Waals surface area contributed by atoms with E-state index in [-0.39, 0.29) is 54.3 Å². The van der Waals surface area contributed by atoms with Crippen LogP contribution in [0.2, 0.25) is 0 Å². The average molecular weight is 380 g/mol. The fourth-order valence-corrected chi connectivity index (χ4v) is 2.23. The Morgan fingerprint density at radius 2 is 1.88 bits per heavy atom. The monoisotopic (exact) mass is 380 g/mol. The van der Waals surface area contributed by atoms with E-state index in [9.17, 15) is 31.1 Å². The van der Waals surface area contributed by atoms with E-state index in [1.807, 2.05) is 0 Å². The zero-order valence-electron chi connectivity index (χ0n) is 14.0. The molecule has 0 aliphatic carbocycles. The molecule has 0 amide bonds. The van der Waals surface area contributed by atoms with E-state index in [1.165, 1.54) is 6.92 Å². The molecule has 1 aliphatic rings. The first-order chi connectivity index (χ1) is 10.9. The quantitative estimate of drug-likeness (QED) is 0.630. The number of benzene rings is 1. The van der Waals surface area contributed by atoms with E-state index in [0.29, 0.717) is 6.08 Å². The van der Waals surface area contributed by atoms with E-state index in [1.54, 1.807) is 0 Å². The van der Waals surface area contributed by atoms with Crippen LogP contribution in [0.3, 0.4) is 0 Å². The molecule has 1 aromatic rings. The second-order valence-electron chi connectivity index (χ2n) is 4.85. The average Bonchev–Trinajstić information content (AvgIpc) is 2.42. The number of carbonyl (C=O) groups is 1. The molecule has 0 unspecified atom stereocenters. The van der Waals surface area contributed by atoms with Gasteiger partial charge in [-0.25, -0.2) is 4.79 Å². The first-order valence-corrected chi connectivity index (χ1v) is 6.53. The maximum atomic E-state index is 13.0. The van der Waals surface area contributed by atoms with Gasteiger partial charge >= 0.3 is 48.1 Å². The van der Waals surface area contributed by atoms with Gasteiger partial charge in [-0.1, -0.05) is 6.92 Å². The molecule has 1 atom stereocenters. The molecule has 0 fully saturated rings. The Kier molecular flexibility index (Phi) is 6.47. The largest absolute Gasteiger partial charge is 1.00 e. The van der Waals surface area contributed by atoms with Crippen molar-refractivity contribution in [2.45, 2.75) is 32.0 Å². The van der Waals surface area contributed by atoms with Crippen molar-refractivity contribution in [3.8, 4) is 11.5 Å². The Hall–Kier alpha value is -1.39. The molecule has 0 saturated carbocycles. The molecule has 0 aromatic heterocycles. The molecule has 2 rings (SSSR count). The van der Waals surface area contributed by atoms with E-state index >= 15 is 0 Å². The predicted molar refractivity (Wildman–Crippen MR) is 69.7 cm³/mol. The van der Waals surface area contributed by atoms with E-state index in [0.717, 1.165) is 12.1 Å². The normalized spacial score (nSPS) is 16.9. The minimum Gasteiger partial charge on any atom is -1.00 e. The molecule has 25 heavy (non-hydrogen) atoms. The zero-order valence-corrected chi connectivity index (χ0v) is 15.0. The molecule has 1 aromatic carbocycles. The standard InChI is InChI=1S/C14H10F6O4.Na.H/c1-2-6-3-8(24-14(18,19)20)4-7-5-9(12(21)22)11(13(15,16)17)23-10(6)7;;/h3-5,11H,2H2,1H3,(H,21,22);;/q;+1;-1/t11-;;/m0../s1. The van der Waals surface area contributed by atoms with Crippen molar-refractivity contribution in [3.63, 3.8) is 0 Å². The van der Waals surface area contributed by atoms with E-state index in [4.69, 9.17) is 9.84 Å². The number of alkyl halides is 6. The Morgan fingerprint density at radius 3 is 2.32 bits per heavy atom. The molecular weight excluding hydrogens is 369 g/mol. The Bertz CT molecular complexity index is 702. The van der Waals surface area contributed by atoms with Crippen LogP contribution in [0.25, 0.3) is 6.08 Å². The first kappa shape index (κ1) is 21.7. The first-order valence-electron chi connectivity index (χ1n) is 6.53. The van der Waals surface area contributed by atoms with Gasteiger partial charge in [-0.15, -0.1) is 13.2 Å². The van der Waals surface area contributed by atoms with Crippen molar-refractivity contribution in [2.75, 3.05) is 0 Å². The van der Waals surface area contributed by atoms with Crippen molar-refractivity contribution in [1.82, 2.24) is 0 Å². The summed E-state index contributed by atoms with van der Waals surface area (Å²) in [5.74, 6) is -2.88. The third-order valence-electron chi connectivity index (χ3n) is 3.16. The van der Waals surface area contributed by atoms with Crippen LogP contribution in [0.5, 0.6) is 11.5 Å². The van der Waals surface area contributed by atoms with Gasteiger partial charge in [0.25, 0.3) is 0 Å². The van der Waals surface area contributed by atoms with Gasteiger partial charge in [0.05, 0.1) is 5.57 Å². The van der Waals surface area contributed by atoms with Crippen LogP contribution in [0.15, 0.2) is 17.7 Å². The maximum Gasteiger partial charge on any atom is 1.00 e. The number of hydrogen-bond acceptors (Lipinski definition) is 3. The van der Waals surface area contributed by atoms with Gasteiger partial charge in [0, 0.05) is 5.56 Å². The summed E-state index contributed by atoms with van der Waals surface area (Å²) in [6.45, 7) is 1.50. The maximum absolute atomic E-state index is 13.0. The minimum absolute atomic E-state index is 0. The fourth-order valence-electron chi connectivity index (χ4n) is 2.23. The van der Waals surface area contributed by atoms with Gasteiger partial charge < -0.3 is 16.0 Å². The van der Waals surface area contributed by atoms with Crippen molar-refractivity contribution in [1.29, 1.82) is 0 Å². The summed E-state index contributed by atoms with van der Waals surface area (Å²) in [6.07, 6.45) is -12.0. The van der Waals surface area contributed by atoms with Gasteiger partial charge in [0.2, 0.25) is 6.10 Å². The van der Waals surface area contributed by atoms with Crippen LogP contribution in [-0.2, 0) is 11.2 Å². The SMILES string of the molecule is CCc1cc(OC(F)(F)F)cc2c1O[C@H](C(F)(F)F)C(C(=O)O)=C2.[H-].[Na+]. The van der Waals surface area contributed by atoms with Crippen molar-refractivity contribution in [2.24, 2.45) is 0 Å². The fraction of sp³-hybridized carbons (Fsp3) is 0.357. The molecule has 1 N–H and O–H groups in total. The molecule has 11 heteroatoms. The Morgan fingerprint density at radius 1 is 1.28 bits per heavy atom. The zero-order chi connectivity index (χ0) is 18.3. The smallest absolute Gasteiger partial charge is 1.00 e. The second kappa shape index (κ2) is 7.46. The topological polar surface area (TPSA) is 55.8 Å². The Balaban J connectivity index is 0.00000312. The number of carboxylic acids is 1. The number of ether oxygens (including phenoxy) is 2. The van der Waals surface area contributed by atoms with Crippen LogP contribution < -0.4 is 39.0 Å². The van der Waals surface area contributed by atoms with E-state index in [2.05, 4.69) is 4.74 Å². The molecule has 1 heterocycles. The molecule has 0 spiro atoms. The molecule has 1 aliphatic heterocycles. The molecule has 0 bridgehead atoms. The van der Waals surface area contributed by atoms with Crippen LogP contribution in [0, 0.1) is 0 Å². The number of hydrogen-bond donors (Lipinski definition) is 1. The summed E-state index contributed by atoms with van der Waals surface area (Å²) >= 11 is 0. The number of rotatable bonds is 3. The minimum atomic E-state index is -5.00. The summed E-state index contributed by atoms with van der Waals surface area (Å²) in [5.41, 5.74) is -1.32. The third kappa shape index (κ3) is 5.05. The van der Waals surface area contributed by atoms with Gasteiger partial charge in [-0.3, -0.25) is 0 Å². The molecular formula is C14H11F6NaO4. The van der Waals surface area contributed by atoms with Gasteiger partial charge in [-0.2, -0.15) is 13.2 Å². The summed E-state index contributed by atoms with van der Waals surface area (Å²) in [4.78, 5) is 11.0. The Labute approximate surface area is 161 Å². The number of aryl methyl sites for hydroxylation is 1. The summed E-state index contributed by atoms with van der Waals surface area (Å²) in [6, 6.07) is 1.68. The molecule has 134 valence electrons. The third-order valence-corrected chi connectivity index (χ3v) is 3.16. The van der Waals surface area contributed by atoms with E-state index < -0.39 is 35.9 Å². The summed E-state index contributed by atoms with van der Waals surface area (Å²) in [7, 11) is 0. The van der Waals surface area contributed by atoms with Gasteiger partial charge in [-0.05, 0) is 30.2 Å². The van der Waals surface area contributed by atoms with Gasteiger partial charge in [0.1, 0.15) is 11.5 Å². The number of aliphatic carboxylic acids is 1. The van der Waals surface area contributed by atoms with Crippen LogP contribution in [-0.4, -0.2) is 29.7 Å². The van der Waals surface area contributed by atoms with Crippen LogP contribution >= 0.6 is 0 Å². The summed E-state index contributed by atoms with van der Waals surface area (Å²) in [5, 5.41) is 8.92. The molecule has 0 saturated heterocycles. The van der Waals surface area contributed by atoms with Crippen LogP contribution in [0.1, 0.15) is 19.5 Å². The van der Waals surface area contributed by atoms with Crippen molar-refractivity contribution < 1.29 is 76.7 Å². The number of fused-ring (bicyclic) bond motifs is 1.